The number of rotatable bonds is 5. The Hall–Kier alpha value is -1.70. The van der Waals surface area contributed by atoms with Crippen molar-refractivity contribution in [1.82, 2.24) is 15.3 Å². The van der Waals surface area contributed by atoms with Crippen LogP contribution in [0.1, 0.15) is 26.7 Å². The maximum absolute atomic E-state index is 11.5. The molecule has 0 aliphatic rings. The zero-order valence-electron chi connectivity index (χ0n) is 10.8. The third-order valence-electron chi connectivity index (χ3n) is 2.79. The van der Waals surface area contributed by atoms with Crippen LogP contribution >= 0.6 is 11.3 Å². The van der Waals surface area contributed by atoms with E-state index in [0.29, 0.717) is 17.9 Å². The van der Waals surface area contributed by atoms with E-state index in [1.54, 1.807) is 17.4 Å². The number of hydrogen-bond acceptors (Lipinski definition) is 6. The van der Waals surface area contributed by atoms with Crippen molar-refractivity contribution in [2.24, 2.45) is 5.84 Å². The molecule has 1 amide bonds. The van der Waals surface area contributed by atoms with Gasteiger partial charge < -0.3 is 4.42 Å². The molecule has 19 heavy (non-hydrogen) atoms. The van der Waals surface area contributed by atoms with Gasteiger partial charge in [0.05, 0.1) is 29.6 Å². The van der Waals surface area contributed by atoms with E-state index < -0.39 is 0 Å². The molecule has 102 valence electrons. The molecule has 3 N–H and O–H groups in total. The van der Waals surface area contributed by atoms with E-state index in [9.17, 15) is 4.79 Å². The summed E-state index contributed by atoms with van der Waals surface area (Å²) in [6.45, 7) is 3.29. The molecule has 6 nitrogen and oxygen atoms in total. The Morgan fingerprint density at radius 3 is 3.00 bits per heavy atom. The Kier molecular flexibility index (Phi) is 4.31. The van der Waals surface area contributed by atoms with E-state index in [2.05, 4.69) is 15.3 Å². The molecule has 7 heteroatoms. The van der Waals surface area contributed by atoms with E-state index in [4.69, 9.17) is 10.3 Å². The van der Waals surface area contributed by atoms with Crippen molar-refractivity contribution in [3.63, 3.8) is 0 Å². The zero-order valence-corrected chi connectivity index (χ0v) is 11.7. The van der Waals surface area contributed by atoms with Gasteiger partial charge in [0.2, 0.25) is 0 Å². The molecule has 2 aromatic heterocycles. The molecule has 0 aromatic carbocycles. The lowest BCUT2D eigenvalue weighted by Gasteiger charge is -2.15. The van der Waals surface area contributed by atoms with Crippen molar-refractivity contribution in [2.75, 3.05) is 7.05 Å². The monoisotopic (exact) mass is 280 g/mol. The summed E-state index contributed by atoms with van der Waals surface area (Å²) in [5, 5.41) is 0. The fourth-order valence-electron chi connectivity index (χ4n) is 1.77. The van der Waals surface area contributed by atoms with Gasteiger partial charge in [0.25, 0.3) is 5.91 Å². The Morgan fingerprint density at radius 1 is 1.58 bits per heavy atom. The fourth-order valence-corrected chi connectivity index (χ4v) is 2.62. The predicted molar refractivity (Wildman–Crippen MR) is 72.4 cm³/mol. The molecule has 0 atom stereocenters. The molecule has 0 aliphatic heterocycles. The van der Waals surface area contributed by atoms with Crippen LogP contribution in [0.15, 0.2) is 22.3 Å². The highest BCUT2D eigenvalue weighted by molar-refractivity contribution is 7.09. The van der Waals surface area contributed by atoms with E-state index in [0.717, 1.165) is 12.2 Å². The molecule has 0 fully saturated rings. The van der Waals surface area contributed by atoms with Crippen molar-refractivity contribution in [2.45, 2.75) is 20.0 Å². The minimum Gasteiger partial charge on any atom is -0.467 e. The van der Waals surface area contributed by atoms with E-state index in [-0.39, 0.29) is 5.91 Å². The van der Waals surface area contributed by atoms with Gasteiger partial charge in [0.1, 0.15) is 5.76 Å². The number of furan rings is 1. The van der Waals surface area contributed by atoms with Crippen LogP contribution in [0.4, 0.5) is 0 Å². The molecule has 0 bridgehead atoms. The van der Waals surface area contributed by atoms with Crippen LogP contribution in [0.5, 0.6) is 0 Å². The number of aromatic nitrogens is 1. The second-order valence-corrected chi connectivity index (χ2v) is 5.20. The molecule has 0 saturated heterocycles. The van der Waals surface area contributed by atoms with Gasteiger partial charge in [-0.2, -0.15) is 0 Å². The summed E-state index contributed by atoms with van der Waals surface area (Å²) < 4.78 is 5.34. The minimum atomic E-state index is -0.342. The number of nitrogen functional groups attached to an aromatic ring is 1. The van der Waals surface area contributed by atoms with E-state index in [1.165, 1.54) is 11.1 Å². The highest BCUT2D eigenvalue weighted by Gasteiger charge is 2.16. The Morgan fingerprint density at radius 2 is 2.37 bits per heavy atom. The van der Waals surface area contributed by atoms with Crippen molar-refractivity contribution in [3.05, 3.63) is 39.7 Å². The van der Waals surface area contributed by atoms with Crippen LogP contribution < -0.4 is 11.3 Å². The molecule has 0 saturated carbocycles. The van der Waals surface area contributed by atoms with Gasteiger partial charge in [-0.1, -0.05) is 0 Å². The molecule has 0 aliphatic carbocycles. The number of nitrogens with one attached hydrogen (secondary N) is 1. The minimum absolute atomic E-state index is 0.342. The summed E-state index contributed by atoms with van der Waals surface area (Å²) in [5.41, 5.74) is 5.45. The standard InChI is InChI=1S/C12H16N4O2S/c1-8-11(19-7-14-8)6-16(2)5-10-9(3-4-18-10)12(17)15-13/h3-4,7H,5-6,13H2,1-2H3,(H,15,17). The maximum atomic E-state index is 11.5. The number of nitrogens with two attached hydrogens (primary N) is 1. The van der Waals surface area contributed by atoms with Gasteiger partial charge in [0, 0.05) is 11.4 Å². The maximum Gasteiger partial charge on any atom is 0.268 e. The number of thiazole rings is 1. The van der Waals surface area contributed by atoms with Crippen molar-refractivity contribution in [1.29, 1.82) is 0 Å². The lowest BCUT2D eigenvalue weighted by Crippen LogP contribution is -2.31. The van der Waals surface area contributed by atoms with Gasteiger partial charge >= 0.3 is 0 Å². The van der Waals surface area contributed by atoms with E-state index >= 15 is 0 Å². The molecule has 0 unspecified atom stereocenters. The molecular weight excluding hydrogens is 264 g/mol. The first-order valence-corrected chi connectivity index (χ1v) is 6.64. The normalized spacial score (nSPS) is 10.9. The van der Waals surface area contributed by atoms with Crippen LogP contribution in [-0.2, 0) is 13.1 Å². The third-order valence-corrected chi connectivity index (χ3v) is 3.71. The summed E-state index contributed by atoms with van der Waals surface area (Å²) in [4.78, 5) is 19.0. The number of nitrogens with zero attached hydrogens (tertiary/aromatic N) is 2. The predicted octanol–water partition coefficient (Wildman–Crippen LogP) is 1.28. The van der Waals surface area contributed by atoms with Crippen LogP contribution in [0.2, 0.25) is 0 Å². The van der Waals surface area contributed by atoms with Crippen molar-refractivity contribution in [3.8, 4) is 0 Å². The lowest BCUT2D eigenvalue weighted by molar-refractivity contribution is 0.0950. The Bertz CT molecular complexity index is 564. The van der Waals surface area contributed by atoms with Gasteiger partial charge in [-0.3, -0.25) is 15.1 Å². The summed E-state index contributed by atoms with van der Waals surface area (Å²) in [6.07, 6.45) is 1.49. The number of aryl methyl sites for hydroxylation is 1. The second-order valence-electron chi connectivity index (χ2n) is 4.26. The quantitative estimate of drug-likeness (QED) is 0.489. The summed E-state index contributed by atoms with van der Waals surface area (Å²) in [5.74, 6) is 5.39. The topological polar surface area (TPSA) is 84.4 Å². The summed E-state index contributed by atoms with van der Waals surface area (Å²) in [6, 6.07) is 1.61. The van der Waals surface area contributed by atoms with Crippen LogP contribution in [0.25, 0.3) is 0 Å². The largest absolute Gasteiger partial charge is 0.467 e. The van der Waals surface area contributed by atoms with Gasteiger partial charge in [-0.15, -0.1) is 11.3 Å². The molecule has 0 spiro atoms. The summed E-state index contributed by atoms with van der Waals surface area (Å²) >= 11 is 1.62. The first-order valence-electron chi connectivity index (χ1n) is 5.76. The zero-order chi connectivity index (χ0) is 13.8. The first kappa shape index (κ1) is 13.7. The van der Waals surface area contributed by atoms with Crippen LogP contribution in [0, 0.1) is 6.92 Å². The third kappa shape index (κ3) is 3.19. The van der Waals surface area contributed by atoms with E-state index in [1.807, 2.05) is 19.5 Å². The van der Waals surface area contributed by atoms with Crippen LogP contribution in [-0.4, -0.2) is 22.8 Å². The first-order chi connectivity index (χ1) is 9.11. The lowest BCUT2D eigenvalue weighted by atomic mass is 10.2. The van der Waals surface area contributed by atoms with Crippen LogP contribution in [0.3, 0.4) is 0 Å². The Labute approximate surface area is 115 Å². The SMILES string of the molecule is Cc1ncsc1CN(C)Cc1occc1C(=O)NN. The second kappa shape index (κ2) is 5.96. The molecular formula is C12H16N4O2S. The Balaban J connectivity index is 2.03. The number of hydrogen-bond donors (Lipinski definition) is 2. The average molecular weight is 280 g/mol. The molecule has 2 heterocycles. The number of hydrazine groups is 1. The smallest absolute Gasteiger partial charge is 0.268 e. The van der Waals surface area contributed by atoms with Crippen molar-refractivity contribution >= 4 is 17.2 Å². The number of carbonyl (C=O) groups excluding carboxylic acids is 1. The highest BCUT2D eigenvalue weighted by atomic mass is 32.1. The van der Waals surface area contributed by atoms with Gasteiger partial charge in [-0.25, -0.2) is 10.8 Å². The average Bonchev–Trinajstić information content (AvgIpc) is 2.99. The van der Waals surface area contributed by atoms with Gasteiger partial charge in [0.15, 0.2) is 0 Å². The summed E-state index contributed by atoms with van der Waals surface area (Å²) in [7, 11) is 1.96. The van der Waals surface area contributed by atoms with Crippen molar-refractivity contribution < 1.29 is 9.21 Å². The molecule has 2 rings (SSSR count). The fraction of sp³-hybridized carbons (Fsp3) is 0.333. The highest BCUT2D eigenvalue weighted by Crippen LogP contribution is 2.17. The number of carbonyl (C=O) groups is 1. The molecule has 0 radical (unpaired) electrons. The number of amides is 1. The molecule has 2 aromatic rings. The van der Waals surface area contributed by atoms with Gasteiger partial charge in [-0.05, 0) is 20.0 Å².